The van der Waals surface area contributed by atoms with Gasteiger partial charge in [0.2, 0.25) is 5.13 Å². The number of pyridine rings is 1. The highest BCUT2D eigenvalue weighted by Gasteiger charge is 2.34. The predicted octanol–water partition coefficient (Wildman–Crippen LogP) is 0.944. The molecule has 0 radical (unpaired) electrons. The maximum absolute atomic E-state index is 4.44. The Bertz CT molecular complexity index is 560. The second kappa shape index (κ2) is 5.57. The molecule has 4 heterocycles. The fourth-order valence-electron chi connectivity index (χ4n) is 3.00. The van der Waals surface area contributed by atoms with Crippen molar-refractivity contribution in [1.82, 2.24) is 20.1 Å². The molecule has 0 bridgehead atoms. The summed E-state index contributed by atoms with van der Waals surface area (Å²) in [5.41, 5.74) is 1.80. The molecule has 2 fully saturated rings. The smallest absolute Gasteiger partial charge is 0.208 e. The molecule has 0 spiro atoms. The van der Waals surface area contributed by atoms with Crippen molar-refractivity contribution in [3.63, 3.8) is 0 Å². The van der Waals surface area contributed by atoms with E-state index in [4.69, 9.17) is 0 Å². The Kier molecular flexibility index (Phi) is 3.44. The van der Waals surface area contributed by atoms with E-state index in [2.05, 4.69) is 42.0 Å². The van der Waals surface area contributed by atoms with Gasteiger partial charge < -0.3 is 9.80 Å². The van der Waals surface area contributed by atoms with Crippen LogP contribution in [-0.2, 0) is 0 Å². The minimum atomic E-state index is 0.666. The summed E-state index contributed by atoms with van der Waals surface area (Å²) in [5, 5.41) is 9.09. The zero-order valence-corrected chi connectivity index (χ0v) is 12.6. The highest BCUT2D eigenvalue weighted by molar-refractivity contribution is 7.13. The molecule has 0 atom stereocenters. The van der Waals surface area contributed by atoms with E-state index >= 15 is 0 Å². The monoisotopic (exact) mass is 302 g/mol. The molecule has 0 saturated carbocycles. The zero-order valence-electron chi connectivity index (χ0n) is 11.8. The molecule has 0 unspecified atom stereocenters. The largest absolute Gasteiger partial charge is 0.354 e. The summed E-state index contributed by atoms with van der Waals surface area (Å²) in [6.07, 6.45) is 1.87. The molecule has 2 aliphatic heterocycles. The Morgan fingerprint density at radius 3 is 2.57 bits per heavy atom. The van der Waals surface area contributed by atoms with Crippen LogP contribution in [0.25, 0.3) is 0 Å². The van der Waals surface area contributed by atoms with Gasteiger partial charge in [0.25, 0.3) is 0 Å². The Balaban J connectivity index is 1.29. The molecule has 2 aromatic heterocycles. The summed E-state index contributed by atoms with van der Waals surface area (Å²) in [7, 11) is 0. The first-order valence-corrected chi connectivity index (χ1v) is 8.19. The second-order valence-corrected chi connectivity index (χ2v) is 6.30. The predicted molar refractivity (Wildman–Crippen MR) is 83.9 cm³/mol. The maximum atomic E-state index is 4.44. The zero-order chi connectivity index (χ0) is 14.1. The molecule has 110 valence electrons. The molecule has 4 rings (SSSR count). The molecule has 2 aliphatic rings. The van der Waals surface area contributed by atoms with Gasteiger partial charge in [-0.1, -0.05) is 17.4 Å². The van der Waals surface area contributed by atoms with Crippen molar-refractivity contribution in [2.75, 3.05) is 49.1 Å². The molecule has 21 heavy (non-hydrogen) atoms. The third-order valence-electron chi connectivity index (χ3n) is 4.29. The van der Waals surface area contributed by atoms with Gasteiger partial charge in [-0.05, 0) is 12.1 Å². The molecule has 6 nitrogen and oxygen atoms in total. The third kappa shape index (κ3) is 2.58. The molecule has 7 heteroatoms. The third-order valence-corrected chi connectivity index (χ3v) is 5.04. The molecular weight excluding hydrogens is 284 g/mol. The number of aromatic nitrogens is 3. The number of hydrogen-bond acceptors (Lipinski definition) is 7. The Hall–Kier alpha value is -1.73. The minimum Gasteiger partial charge on any atom is -0.354 e. The lowest BCUT2D eigenvalue weighted by molar-refractivity contribution is 0.157. The molecule has 0 N–H and O–H groups in total. The summed E-state index contributed by atoms with van der Waals surface area (Å²) in [6, 6.07) is 6.78. The van der Waals surface area contributed by atoms with Crippen molar-refractivity contribution < 1.29 is 0 Å². The maximum Gasteiger partial charge on any atom is 0.208 e. The van der Waals surface area contributed by atoms with E-state index in [0.717, 1.165) is 50.2 Å². The van der Waals surface area contributed by atoms with Crippen LogP contribution < -0.4 is 9.80 Å². The van der Waals surface area contributed by atoms with E-state index in [1.807, 2.05) is 12.3 Å². The number of rotatable bonds is 3. The first-order valence-electron chi connectivity index (χ1n) is 7.31. The van der Waals surface area contributed by atoms with Crippen LogP contribution in [0.1, 0.15) is 0 Å². The van der Waals surface area contributed by atoms with Gasteiger partial charge in [-0.3, -0.25) is 4.90 Å². The quantitative estimate of drug-likeness (QED) is 0.841. The second-order valence-electron chi connectivity index (χ2n) is 5.49. The summed E-state index contributed by atoms with van der Waals surface area (Å²) in [6.45, 7) is 6.52. The van der Waals surface area contributed by atoms with Crippen LogP contribution >= 0.6 is 11.3 Å². The van der Waals surface area contributed by atoms with Gasteiger partial charge in [0.15, 0.2) is 0 Å². The minimum absolute atomic E-state index is 0.666. The van der Waals surface area contributed by atoms with Crippen LogP contribution in [-0.4, -0.2) is 65.4 Å². The normalized spacial score (nSPS) is 20.6. The number of hydrogen-bond donors (Lipinski definition) is 0. The van der Waals surface area contributed by atoms with Gasteiger partial charge in [-0.2, -0.15) is 0 Å². The average Bonchev–Trinajstić information content (AvgIpc) is 3.01. The lowest BCUT2D eigenvalue weighted by Crippen LogP contribution is -2.63. The number of piperazine rings is 1. The Morgan fingerprint density at radius 2 is 1.90 bits per heavy atom. The highest BCUT2D eigenvalue weighted by atomic mass is 32.1. The van der Waals surface area contributed by atoms with Crippen molar-refractivity contribution >= 4 is 22.3 Å². The van der Waals surface area contributed by atoms with E-state index in [9.17, 15) is 0 Å². The Morgan fingerprint density at radius 1 is 1.05 bits per heavy atom. The SMILES string of the molecule is c1ccc(N2CCN(C3CN(c4nncs4)C3)CC2)nc1. The van der Waals surface area contributed by atoms with Crippen LogP contribution in [0.15, 0.2) is 29.9 Å². The fourth-order valence-corrected chi connectivity index (χ4v) is 3.59. The van der Waals surface area contributed by atoms with Gasteiger partial charge in [0.1, 0.15) is 11.3 Å². The average molecular weight is 302 g/mol. The van der Waals surface area contributed by atoms with Gasteiger partial charge in [0, 0.05) is 51.5 Å². The molecule has 2 aromatic rings. The number of anilines is 2. The van der Waals surface area contributed by atoms with E-state index in [0.29, 0.717) is 6.04 Å². The van der Waals surface area contributed by atoms with Crippen molar-refractivity contribution in [2.24, 2.45) is 0 Å². The number of nitrogens with zero attached hydrogens (tertiary/aromatic N) is 6. The van der Waals surface area contributed by atoms with Gasteiger partial charge in [-0.15, -0.1) is 10.2 Å². The van der Waals surface area contributed by atoms with Crippen LogP contribution in [0.5, 0.6) is 0 Å². The van der Waals surface area contributed by atoms with E-state index in [1.54, 1.807) is 16.8 Å². The van der Waals surface area contributed by atoms with Crippen LogP contribution in [0.3, 0.4) is 0 Å². The molecule has 0 aliphatic carbocycles. The van der Waals surface area contributed by atoms with Crippen molar-refractivity contribution in [2.45, 2.75) is 6.04 Å². The molecule has 0 amide bonds. The van der Waals surface area contributed by atoms with Gasteiger partial charge >= 0.3 is 0 Å². The van der Waals surface area contributed by atoms with Crippen molar-refractivity contribution in [3.8, 4) is 0 Å². The summed E-state index contributed by atoms with van der Waals surface area (Å²) < 4.78 is 0. The van der Waals surface area contributed by atoms with Crippen molar-refractivity contribution in [1.29, 1.82) is 0 Å². The van der Waals surface area contributed by atoms with Crippen molar-refractivity contribution in [3.05, 3.63) is 29.9 Å². The van der Waals surface area contributed by atoms with E-state index < -0.39 is 0 Å². The highest BCUT2D eigenvalue weighted by Crippen LogP contribution is 2.25. The van der Waals surface area contributed by atoms with Crippen LogP contribution in [0, 0.1) is 0 Å². The van der Waals surface area contributed by atoms with Gasteiger partial charge in [-0.25, -0.2) is 4.98 Å². The summed E-state index contributed by atoms with van der Waals surface area (Å²) in [5.74, 6) is 1.10. The van der Waals surface area contributed by atoms with Crippen LogP contribution in [0.2, 0.25) is 0 Å². The first kappa shape index (κ1) is 13.0. The summed E-state index contributed by atoms with van der Waals surface area (Å²) >= 11 is 1.62. The Labute approximate surface area is 128 Å². The molecule has 2 saturated heterocycles. The molecule has 0 aromatic carbocycles. The van der Waals surface area contributed by atoms with E-state index in [-0.39, 0.29) is 0 Å². The van der Waals surface area contributed by atoms with Crippen LogP contribution in [0.4, 0.5) is 10.9 Å². The lowest BCUT2D eigenvalue weighted by Gasteiger charge is -2.48. The molecular formula is C14H18N6S. The lowest BCUT2D eigenvalue weighted by atomic mass is 10.1. The first-order chi connectivity index (χ1) is 10.4. The fraction of sp³-hybridized carbons (Fsp3) is 0.500. The summed E-state index contributed by atoms with van der Waals surface area (Å²) in [4.78, 5) is 11.7. The standard InChI is InChI=1S/C14H18N6S/c1-2-4-15-13(3-1)19-7-5-18(6-8-19)12-9-20(10-12)14-17-16-11-21-14/h1-4,11-12H,5-10H2. The van der Waals surface area contributed by atoms with E-state index in [1.165, 1.54) is 0 Å². The topological polar surface area (TPSA) is 48.4 Å². The van der Waals surface area contributed by atoms with Gasteiger partial charge in [0.05, 0.1) is 0 Å².